The molecular weight excluding hydrogens is 352 g/mol. The molecule has 3 rings (SSSR count). The van der Waals surface area contributed by atoms with E-state index in [0.29, 0.717) is 5.41 Å². The van der Waals surface area contributed by atoms with Crippen molar-refractivity contribution in [2.24, 2.45) is 17.3 Å². The minimum absolute atomic E-state index is 0.270. The van der Waals surface area contributed by atoms with Crippen molar-refractivity contribution in [3.63, 3.8) is 0 Å². The van der Waals surface area contributed by atoms with Crippen molar-refractivity contribution in [1.29, 1.82) is 0 Å². The van der Waals surface area contributed by atoms with Crippen molar-refractivity contribution in [2.45, 2.75) is 154 Å². The van der Waals surface area contributed by atoms with Gasteiger partial charge in [-0.05, 0) is 82.5 Å². The van der Waals surface area contributed by atoms with E-state index in [4.69, 9.17) is 0 Å². The van der Waals surface area contributed by atoms with Gasteiger partial charge in [-0.25, -0.2) is 0 Å². The topological polar surface area (TPSA) is 24.1 Å². The summed E-state index contributed by atoms with van der Waals surface area (Å²) in [7, 11) is 0. The molecule has 2 aliphatic carbocycles. The highest BCUT2D eigenvalue weighted by Crippen LogP contribution is 2.40. The molecule has 2 heteroatoms. The van der Waals surface area contributed by atoms with E-state index in [2.05, 4.69) is 38.5 Å². The molecular formula is C27H52N2. The van der Waals surface area contributed by atoms with Gasteiger partial charge in [-0.15, -0.1) is 0 Å². The highest BCUT2D eigenvalue weighted by atomic mass is 15.4. The molecule has 1 heterocycles. The summed E-state index contributed by atoms with van der Waals surface area (Å²) in [6, 6.07) is 0. The van der Waals surface area contributed by atoms with E-state index < -0.39 is 0 Å². The molecule has 2 saturated carbocycles. The van der Waals surface area contributed by atoms with E-state index in [0.717, 1.165) is 11.8 Å². The largest absolute Gasteiger partial charge is 0.251 e. The molecule has 0 bridgehead atoms. The summed E-state index contributed by atoms with van der Waals surface area (Å²) >= 11 is 0. The Balaban J connectivity index is 1.71. The zero-order valence-electron chi connectivity index (χ0n) is 20.4. The van der Waals surface area contributed by atoms with Crippen LogP contribution >= 0.6 is 0 Å². The van der Waals surface area contributed by atoms with Gasteiger partial charge in [-0.3, -0.25) is 10.9 Å². The first-order chi connectivity index (χ1) is 13.8. The molecule has 2 unspecified atom stereocenters. The van der Waals surface area contributed by atoms with Gasteiger partial charge in [0.05, 0.1) is 0 Å². The van der Waals surface area contributed by atoms with Crippen molar-refractivity contribution >= 4 is 0 Å². The lowest BCUT2D eigenvalue weighted by atomic mass is 9.79. The molecule has 1 saturated heterocycles. The number of nitrogens with one attached hydrogen (secondary N) is 2. The van der Waals surface area contributed by atoms with E-state index in [-0.39, 0.29) is 11.1 Å². The molecule has 3 fully saturated rings. The van der Waals surface area contributed by atoms with Crippen molar-refractivity contribution in [3.05, 3.63) is 0 Å². The minimum Gasteiger partial charge on any atom is -0.251 e. The lowest BCUT2D eigenvalue weighted by molar-refractivity contribution is 0.109. The van der Waals surface area contributed by atoms with E-state index >= 15 is 0 Å². The number of hydrazine groups is 1. The summed E-state index contributed by atoms with van der Waals surface area (Å²) in [5.74, 6) is 1.71. The molecule has 0 aromatic rings. The average Bonchev–Trinajstić information content (AvgIpc) is 3.39. The quantitative estimate of drug-likeness (QED) is 0.488. The third-order valence-corrected chi connectivity index (χ3v) is 9.25. The van der Waals surface area contributed by atoms with E-state index in [1.807, 2.05) is 0 Å². The fourth-order valence-corrected chi connectivity index (χ4v) is 6.82. The molecule has 0 aromatic carbocycles. The van der Waals surface area contributed by atoms with Gasteiger partial charge in [0.15, 0.2) is 0 Å². The monoisotopic (exact) mass is 404 g/mol. The van der Waals surface area contributed by atoms with E-state index in [1.54, 1.807) is 0 Å². The van der Waals surface area contributed by atoms with Gasteiger partial charge >= 0.3 is 0 Å². The molecule has 170 valence electrons. The van der Waals surface area contributed by atoms with Gasteiger partial charge in [-0.2, -0.15) is 0 Å². The Morgan fingerprint density at radius 1 is 0.448 bits per heavy atom. The van der Waals surface area contributed by atoms with Crippen molar-refractivity contribution in [1.82, 2.24) is 10.9 Å². The predicted octanol–water partition coefficient (Wildman–Crippen LogP) is 7.92. The second-order valence-electron chi connectivity index (χ2n) is 12.3. The third-order valence-electron chi connectivity index (χ3n) is 9.25. The van der Waals surface area contributed by atoms with Gasteiger partial charge in [0, 0.05) is 11.1 Å². The summed E-state index contributed by atoms with van der Waals surface area (Å²) in [5, 5.41) is 0. The Hall–Kier alpha value is -0.0800. The molecule has 0 amide bonds. The summed E-state index contributed by atoms with van der Waals surface area (Å²) in [6.45, 7) is 10.1. The maximum absolute atomic E-state index is 4.04. The summed E-state index contributed by atoms with van der Waals surface area (Å²) in [6.07, 6.45) is 25.4. The number of hydrogen-bond acceptors (Lipinski definition) is 2. The standard InChI is InChI=1S/C27H52N2/c1-25(2)19-11-5-13-21-26(3,23-15-7-8-16-23)28-29-27(4,22-14-6-12-20-25)24-17-9-10-18-24/h23-24,28-29H,5-22H2,1-4H3. The summed E-state index contributed by atoms with van der Waals surface area (Å²) in [4.78, 5) is 0. The third kappa shape index (κ3) is 6.70. The van der Waals surface area contributed by atoms with Crippen molar-refractivity contribution < 1.29 is 0 Å². The lowest BCUT2D eigenvalue weighted by Crippen LogP contribution is -2.63. The number of rotatable bonds is 2. The maximum Gasteiger partial charge on any atom is 0.0324 e. The Bertz CT molecular complexity index is 433. The summed E-state index contributed by atoms with van der Waals surface area (Å²) in [5.41, 5.74) is 9.16. The average molecular weight is 405 g/mol. The molecule has 3 aliphatic rings. The van der Waals surface area contributed by atoms with Crippen LogP contribution in [0.4, 0.5) is 0 Å². The maximum atomic E-state index is 4.04. The second kappa shape index (κ2) is 10.5. The zero-order chi connectivity index (χ0) is 20.8. The fourth-order valence-electron chi connectivity index (χ4n) is 6.82. The molecule has 2 atom stereocenters. The molecule has 2 nitrogen and oxygen atoms in total. The van der Waals surface area contributed by atoms with Crippen LogP contribution < -0.4 is 10.9 Å². The first-order valence-corrected chi connectivity index (χ1v) is 13.4. The van der Waals surface area contributed by atoms with Crippen LogP contribution in [-0.4, -0.2) is 11.1 Å². The highest BCUT2D eigenvalue weighted by Gasteiger charge is 2.40. The van der Waals surface area contributed by atoms with Gasteiger partial charge in [0.2, 0.25) is 0 Å². The van der Waals surface area contributed by atoms with Gasteiger partial charge in [0.1, 0.15) is 0 Å². The lowest BCUT2D eigenvalue weighted by Gasteiger charge is -2.44. The van der Waals surface area contributed by atoms with Crippen LogP contribution in [0.25, 0.3) is 0 Å². The fraction of sp³-hybridized carbons (Fsp3) is 1.00. The van der Waals surface area contributed by atoms with Crippen LogP contribution in [0, 0.1) is 17.3 Å². The van der Waals surface area contributed by atoms with Crippen LogP contribution in [0.15, 0.2) is 0 Å². The smallest absolute Gasteiger partial charge is 0.0324 e. The second-order valence-corrected chi connectivity index (χ2v) is 12.3. The Kier molecular flexibility index (Phi) is 8.53. The summed E-state index contributed by atoms with van der Waals surface area (Å²) < 4.78 is 0. The highest BCUT2D eigenvalue weighted by molar-refractivity contribution is 4.97. The van der Waals surface area contributed by atoms with Crippen molar-refractivity contribution in [2.75, 3.05) is 0 Å². The van der Waals surface area contributed by atoms with E-state index in [9.17, 15) is 0 Å². The van der Waals surface area contributed by atoms with Crippen LogP contribution in [-0.2, 0) is 0 Å². The first-order valence-electron chi connectivity index (χ1n) is 13.4. The zero-order valence-corrected chi connectivity index (χ0v) is 20.4. The van der Waals surface area contributed by atoms with E-state index in [1.165, 1.54) is 116 Å². The van der Waals surface area contributed by atoms with Crippen molar-refractivity contribution in [3.8, 4) is 0 Å². The molecule has 0 spiro atoms. The molecule has 0 aromatic heterocycles. The van der Waals surface area contributed by atoms with Gasteiger partial charge < -0.3 is 0 Å². The minimum atomic E-state index is 0.270. The van der Waals surface area contributed by atoms with Crippen LogP contribution in [0.3, 0.4) is 0 Å². The normalized spacial score (nSPS) is 37.2. The Labute approximate surface area is 182 Å². The van der Waals surface area contributed by atoms with Crippen LogP contribution in [0.2, 0.25) is 0 Å². The molecule has 2 N–H and O–H groups in total. The molecule has 0 radical (unpaired) electrons. The Morgan fingerprint density at radius 3 is 1.17 bits per heavy atom. The first kappa shape index (κ1) is 23.6. The molecule has 1 aliphatic heterocycles. The van der Waals surface area contributed by atoms with Gasteiger partial charge in [-0.1, -0.05) is 78.1 Å². The number of hydrogen-bond donors (Lipinski definition) is 2. The van der Waals surface area contributed by atoms with Crippen LogP contribution in [0.5, 0.6) is 0 Å². The predicted molar refractivity (Wildman–Crippen MR) is 127 cm³/mol. The van der Waals surface area contributed by atoms with Crippen LogP contribution in [0.1, 0.15) is 143 Å². The Morgan fingerprint density at radius 2 is 0.793 bits per heavy atom. The SMILES string of the molecule is CC1(C)CCCCCC(C)(C2CCCC2)NNC(C)(C2CCCC2)CCCCC1. The van der Waals surface area contributed by atoms with Gasteiger partial charge in [0.25, 0.3) is 0 Å². The molecule has 29 heavy (non-hydrogen) atoms.